The highest BCUT2D eigenvalue weighted by molar-refractivity contribution is 7.15. The first-order chi connectivity index (χ1) is 12.7. The zero-order chi connectivity index (χ0) is 18.1. The average molecular weight is 385 g/mol. The second-order valence-electron chi connectivity index (χ2n) is 5.94. The zero-order valence-electron chi connectivity index (χ0n) is 14.5. The minimum atomic E-state index is 0.585. The Hall–Kier alpha value is -2.37. The lowest BCUT2D eigenvalue weighted by Gasteiger charge is -2.15. The van der Waals surface area contributed by atoms with Crippen LogP contribution in [0.3, 0.4) is 0 Å². The summed E-state index contributed by atoms with van der Waals surface area (Å²) in [5.74, 6) is 1.52. The molecule has 0 spiro atoms. The first-order valence-corrected chi connectivity index (χ1v) is 9.42. The van der Waals surface area contributed by atoms with Crippen LogP contribution >= 0.6 is 22.9 Å². The first-order valence-electron chi connectivity index (χ1n) is 8.22. The van der Waals surface area contributed by atoms with Gasteiger partial charge in [0.2, 0.25) is 5.13 Å². The van der Waals surface area contributed by atoms with E-state index in [0.29, 0.717) is 10.8 Å². The predicted octanol–water partition coefficient (Wildman–Crippen LogP) is 5.33. The van der Waals surface area contributed by atoms with Gasteiger partial charge in [-0.1, -0.05) is 29.0 Å². The van der Waals surface area contributed by atoms with Crippen LogP contribution in [0.1, 0.15) is 16.0 Å². The van der Waals surface area contributed by atoms with Gasteiger partial charge in [-0.2, -0.15) is 0 Å². The van der Waals surface area contributed by atoms with Crippen LogP contribution in [-0.2, 0) is 12.8 Å². The molecular formula is C20H17ClN2O2S. The van der Waals surface area contributed by atoms with E-state index < -0.39 is 0 Å². The predicted molar refractivity (Wildman–Crippen MR) is 107 cm³/mol. The van der Waals surface area contributed by atoms with E-state index in [9.17, 15) is 0 Å². The van der Waals surface area contributed by atoms with Crippen LogP contribution in [0.25, 0.3) is 11.3 Å². The fourth-order valence-electron chi connectivity index (χ4n) is 3.04. The van der Waals surface area contributed by atoms with Crippen molar-refractivity contribution < 1.29 is 9.47 Å². The third-order valence-corrected chi connectivity index (χ3v) is 5.71. The molecule has 6 heteroatoms. The van der Waals surface area contributed by atoms with Gasteiger partial charge in [-0.3, -0.25) is 0 Å². The fraction of sp³-hybridized carbons (Fsp3) is 0.200. The Labute approximate surface area is 161 Å². The SMILES string of the molecule is COc1ccc2c(c1)CCc1sc(N=Cc3ccc(Cl)c(OC)c3)nc1-2. The monoisotopic (exact) mass is 384 g/mol. The number of aryl methyl sites for hydroxylation is 2. The molecule has 1 aliphatic rings. The van der Waals surface area contributed by atoms with Crippen molar-refractivity contribution in [3.63, 3.8) is 0 Å². The number of nitrogens with zero attached hydrogens (tertiary/aromatic N) is 2. The Morgan fingerprint density at radius 1 is 1.12 bits per heavy atom. The van der Waals surface area contributed by atoms with Gasteiger partial charge in [-0.15, -0.1) is 0 Å². The smallest absolute Gasteiger partial charge is 0.209 e. The molecule has 3 aromatic rings. The molecule has 2 aromatic carbocycles. The Morgan fingerprint density at radius 3 is 2.81 bits per heavy atom. The summed E-state index contributed by atoms with van der Waals surface area (Å²) in [4.78, 5) is 10.6. The summed E-state index contributed by atoms with van der Waals surface area (Å²) in [6.07, 6.45) is 3.77. The van der Waals surface area contributed by atoms with Crippen LogP contribution < -0.4 is 9.47 Å². The number of fused-ring (bicyclic) bond motifs is 3. The summed E-state index contributed by atoms with van der Waals surface area (Å²) < 4.78 is 10.6. The van der Waals surface area contributed by atoms with Gasteiger partial charge in [0.25, 0.3) is 0 Å². The van der Waals surface area contributed by atoms with E-state index in [1.54, 1.807) is 37.8 Å². The molecular weight excluding hydrogens is 368 g/mol. The largest absolute Gasteiger partial charge is 0.497 e. The summed E-state index contributed by atoms with van der Waals surface area (Å²) in [7, 11) is 3.29. The zero-order valence-corrected chi connectivity index (χ0v) is 16.0. The Balaban J connectivity index is 1.63. The summed E-state index contributed by atoms with van der Waals surface area (Å²) in [5.41, 5.74) is 4.42. The van der Waals surface area contributed by atoms with E-state index in [4.69, 9.17) is 26.1 Å². The Morgan fingerprint density at radius 2 is 2.00 bits per heavy atom. The number of benzene rings is 2. The molecule has 0 aliphatic heterocycles. The minimum Gasteiger partial charge on any atom is -0.497 e. The Bertz CT molecular complexity index is 997. The lowest BCUT2D eigenvalue weighted by Crippen LogP contribution is -2.02. The van der Waals surface area contributed by atoms with Crippen LogP contribution in [0.2, 0.25) is 5.02 Å². The molecule has 0 saturated carbocycles. The third-order valence-electron chi connectivity index (χ3n) is 4.37. The molecule has 0 saturated heterocycles. The van der Waals surface area contributed by atoms with Gasteiger partial charge < -0.3 is 9.47 Å². The van der Waals surface area contributed by atoms with E-state index in [1.165, 1.54) is 16.0 Å². The van der Waals surface area contributed by atoms with Crippen LogP contribution in [0.5, 0.6) is 11.5 Å². The number of aliphatic imine (C=N–C) groups is 1. The van der Waals surface area contributed by atoms with Crippen molar-refractivity contribution in [1.82, 2.24) is 4.98 Å². The van der Waals surface area contributed by atoms with E-state index >= 15 is 0 Å². The molecule has 0 fully saturated rings. The number of halogens is 1. The van der Waals surface area contributed by atoms with Crippen molar-refractivity contribution in [2.45, 2.75) is 12.8 Å². The number of rotatable bonds is 4. The number of ether oxygens (including phenoxy) is 2. The molecule has 0 atom stereocenters. The van der Waals surface area contributed by atoms with Gasteiger partial charge in [0.15, 0.2) is 0 Å². The Kier molecular flexibility index (Phi) is 4.66. The number of thiazole rings is 1. The number of methoxy groups -OCH3 is 2. The second kappa shape index (κ2) is 7.09. The standard InChI is InChI=1S/C20H17ClN2O2S/c1-24-14-5-6-15-13(10-14)4-8-18-19(15)23-20(26-18)22-11-12-3-7-16(21)17(9-12)25-2/h3,5-7,9-11H,4,8H2,1-2H3. The molecule has 0 bridgehead atoms. The maximum absolute atomic E-state index is 6.06. The van der Waals surface area contributed by atoms with Crippen molar-refractivity contribution in [1.29, 1.82) is 0 Å². The molecule has 1 aromatic heterocycles. The molecule has 0 amide bonds. The van der Waals surface area contributed by atoms with E-state index in [-0.39, 0.29) is 0 Å². The number of hydrogen-bond acceptors (Lipinski definition) is 5. The maximum Gasteiger partial charge on any atom is 0.209 e. The summed E-state index contributed by atoms with van der Waals surface area (Å²) in [6, 6.07) is 11.7. The van der Waals surface area contributed by atoms with E-state index in [1.807, 2.05) is 18.2 Å². The lowest BCUT2D eigenvalue weighted by atomic mass is 9.93. The highest BCUT2D eigenvalue weighted by atomic mass is 35.5. The van der Waals surface area contributed by atoms with Gasteiger partial charge in [0.1, 0.15) is 11.5 Å². The molecule has 26 heavy (non-hydrogen) atoms. The quantitative estimate of drug-likeness (QED) is 0.571. The summed E-state index contributed by atoms with van der Waals surface area (Å²) >= 11 is 7.71. The molecule has 0 N–H and O–H groups in total. The van der Waals surface area contributed by atoms with E-state index in [0.717, 1.165) is 35.0 Å². The molecule has 4 rings (SSSR count). The third kappa shape index (κ3) is 3.20. The fourth-order valence-corrected chi connectivity index (χ4v) is 4.16. The van der Waals surface area contributed by atoms with Crippen molar-refractivity contribution in [3.05, 3.63) is 57.4 Å². The van der Waals surface area contributed by atoms with Crippen molar-refractivity contribution >= 4 is 34.3 Å². The molecule has 132 valence electrons. The maximum atomic E-state index is 6.06. The average Bonchev–Trinajstić information content (AvgIpc) is 3.10. The van der Waals surface area contributed by atoms with Gasteiger partial charge >= 0.3 is 0 Å². The van der Waals surface area contributed by atoms with Crippen LogP contribution in [0, 0.1) is 0 Å². The van der Waals surface area contributed by atoms with Gasteiger partial charge in [-0.05, 0) is 54.3 Å². The highest BCUT2D eigenvalue weighted by Crippen LogP contribution is 2.40. The van der Waals surface area contributed by atoms with Crippen molar-refractivity contribution in [2.75, 3.05) is 14.2 Å². The second-order valence-corrected chi connectivity index (χ2v) is 7.41. The van der Waals surface area contributed by atoms with Crippen LogP contribution in [0.15, 0.2) is 41.4 Å². The number of hydrogen-bond donors (Lipinski definition) is 0. The number of aromatic nitrogens is 1. The molecule has 1 aliphatic carbocycles. The minimum absolute atomic E-state index is 0.585. The van der Waals surface area contributed by atoms with Crippen molar-refractivity contribution in [3.8, 4) is 22.8 Å². The normalized spacial score (nSPS) is 12.7. The van der Waals surface area contributed by atoms with Crippen molar-refractivity contribution in [2.24, 2.45) is 4.99 Å². The molecule has 4 nitrogen and oxygen atoms in total. The molecule has 0 radical (unpaired) electrons. The van der Waals surface area contributed by atoms with Gasteiger partial charge in [-0.25, -0.2) is 9.98 Å². The topological polar surface area (TPSA) is 43.7 Å². The van der Waals surface area contributed by atoms with Crippen LogP contribution in [-0.4, -0.2) is 25.4 Å². The molecule has 1 heterocycles. The van der Waals surface area contributed by atoms with E-state index in [2.05, 4.69) is 17.1 Å². The first kappa shape index (κ1) is 17.1. The summed E-state index contributed by atoms with van der Waals surface area (Å²) in [6.45, 7) is 0. The van der Waals surface area contributed by atoms with Gasteiger partial charge in [0, 0.05) is 16.7 Å². The molecule has 0 unspecified atom stereocenters. The lowest BCUT2D eigenvalue weighted by molar-refractivity contribution is 0.414. The highest BCUT2D eigenvalue weighted by Gasteiger charge is 2.21. The summed E-state index contributed by atoms with van der Waals surface area (Å²) in [5, 5.41) is 1.34. The van der Waals surface area contributed by atoms with Gasteiger partial charge in [0.05, 0.1) is 24.9 Å². The van der Waals surface area contributed by atoms with Crippen LogP contribution in [0.4, 0.5) is 5.13 Å².